The Morgan fingerprint density at radius 1 is 0.818 bits per heavy atom. The normalized spacial score (nSPS) is 11.2. The third-order valence-electron chi connectivity index (χ3n) is 5.39. The fourth-order valence-corrected chi connectivity index (χ4v) is 4.40. The van der Waals surface area contributed by atoms with E-state index in [0.717, 1.165) is 18.4 Å². The van der Waals surface area contributed by atoms with Crippen molar-refractivity contribution in [2.24, 2.45) is 0 Å². The molecule has 6 nitrogen and oxygen atoms in total. The second-order valence-electron chi connectivity index (χ2n) is 7.92. The molecule has 33 heavy (non-hydrogen) atoms. The molecular formula is C26H28N2O4S. The molecule has 0 atom stereocenters. The van der Waals surface area contributed by atoms with Crippen molar-refractivity contribution < 1.29 is 18.0 Å². The molecule has 0 spiro atoms. The SMILES string of the molecule is CC(=O)c1ccc(S(=O)(=O)NCc2ccc(C(=O)N(C)CCCc3ccccc3)cc2)cc1. The van der Waals surface area contributed by atoms with Crippen molar-refractivity contribution in [3.63, 3.8) is 0 Å². The number of aryl methyl sites for hydroxylation is 1. The molecule has 3 rings (SSSR count). The van der Waals surface area contributed by atoms with E-state index in [1.165, 1.54) is 36.8 Å². The van der Waals surface area contributed by atoms with E-state index in [-0.39, 0.29) is 23.1 Å². The molecule has 1 amide bonds. The average molecular weight is 465 g/mol. The summed E-state index contributed by atoms with van der Waals surface area (Å²) in [7, 11) is -1.93. The Balaban J connectivity index is 1.52. The molecule has 1 N–H and O–H groups in total. The third-order valence-corrected chi connectivity index (χ3v) is 6.80. The molecule has 0 bridgehead atoms. The zero-order chi connectivity index (χ0) is 23.8. The van der Waals surface area contributed by atoms with Crippen LogP contribution in [-0.4, -0.2) is 38.6 Å². The first-order valence-electron chi connectivity index (χ1n) is 10.8. The van der Waals surface area contributed by atoms with Crippen molar-refractivity contribution in [2.75, 3.05) is 13.6 Å². The van der Waals surface area contributed by atoms with Crippen LogP contribution < -0.4 is 4.72 Å². The van der Waals surface area contributed by atoms with Crippen molar-refractivity contribution in [3.05, 3.63) is 101 Å². The Hall–Kier alpha value is -3.29. The summed E-state index contributed by atoms with van der Waals surface area (Å²) in [5.74, 6) is -0.191. The predicted molar refractivity (Wildman–Crippen MR) is 129 cm³/mol. The fourth-order valence-electron chi connectivity index (χ4n) is 3.38. The number of benzene rings is 3. The largest absolute Gasteiger partial charge is 0.342 e. The van der Waals surface area contributed by atoms with Gasteiger partial charge in [-0.25, -0.2) is 13.1 Å². The van der Waals surface area contributed by atoms with E-state index in [1.807, 2.05) is 18.2 Å². The number of ketones is 1. The van der Waals surface area contributed by atoms with Gasteiger partial charge in [-0.05, 0) is 55.2 Å². The van der Waals surface area contributed by atoms with E-state index < -0.39 is 10.0 Å². The van der Waals surface area contributed by atoms with Gasteiger partial charge in [-0.15, -0.1) is 0 Å². The lowest BCUT2D eigenvalue weighted by Crippen LogP contribution is -2.28. The number of carbonyl (C=O) groups excluding carboxylic acids is 2. The van der Waals surface area contributed by atoms with Crippen LogP contribution in [0.2, 0.25) is 0 Å². The van der Waals surface area contributed by atoms with E-state index in [4.69, 9.17) is 0 Å². The Morgan fingerprint density at radius 2 is 1.42 bits per heavy atom. The lowest BCUT2D eigenvalue weighted by Gasteiger charge is -2.17. The van der Waals surface area contributed by atoms with Crippen LogP contribution in [0.4, 0.5) is 0 Å². The molecule has 0 aliphatic rings. The van der Waals surface area contributed by atoms with Gasteiger partial charge < -0.3 is 4.90 Å². The first-order chi connectivity index (χ1) is 15.8. The summed E-state index contributed by atoms with van der Waals surface area (Å²) in [5.41, 5.74) is 3.00. The lowest BCUT2D eigenvalue weighted by atomic mass is 10.1. The minimum Gasteiger partial charge on any atom is -0.342 e. The van der Waals surface area contributed by atoms with Gasteiger partial charge in [0.15, 0.2) is 5.78 Å². The Bertz CT molecular complexity index is 1190. The molecule has 0 radical (unpaired) electrons. The second kappa shape index (κ2) is 11.0. The van der Waals surface area contributed by atoms with Crippen molar-refractivity contribution >= 4 is 21.7 Å². The first-order valence-corrected chi connectivity index (χ1v) is 12.2. The van der Waals surface area contributed by atoms with E-state index in [1.54, 1.807) is 36.2 Å². The highest BCUT2D eigenvalue weighted by molar-refractivity contribution is 7.89. The number of hydrogen-bond acceptors (Lipinski definition) is 4. The van der Waals surface area contributed by atoms with Gasteiger partial charge in [-0.1, -0.05) is 54.6 Å². The zero-order valence-corrected chi connectivity index (χ0v) is 19.6. The van der Waals surface area contributed by atoms with Crippen molar-refractivity contribution in [3.8, 4) is 0 Å². The van der Waals surface area contributed by atoms with Crippen LogP contribution in [0, 0.1) is 0 Å². The fraction of sp³-hybridized carbons (Fsp3) is 0.231. The molecule has 7 heteroatoms. The van der Waals surface area contributed by atoms with Crippen LogP contribution in [0.15, 0.2) is 83.8 Å². The zero-order valence-electron chi connectivity index (χ0n) is 18.8. The van der Waals surface area contributed by atoms with Gasteiger partial charge in [0.05, 0.1) is 4.90 Å². The summed E-state index contributed by atoms with van der Waals surface area (Å²) >= 11 is 0. The first kappa shape index (κ1) is 24.4. The number of nitrogens with one attached hydrogen (secondary N) is 1. The smallest absolute Gasteiger partial charge is 0.253 e. The Kier molecular flexibility index (Phi) is 8.14. The maximum Gasteiger partial charge on any atom is 0.253 e. The summed E-state index contributed by atoms with van der Waals surface area (Å²) in [4.78, 5) is 25.8. The summed E-state index contributed by atoms with van der Waals surface area (Å²) in [6.07, 6.45) is 1.79. The summed E-state index contributed by atoms with van der Waals surface area (Å²) < 4.78 is 27.5. The van der Waals surface area contributed by atoms with E-state index in [0.29, 0.717) is 17.7 Å². The molecule has 0 saturated carbocycles. The van der Waals surface area contributed by atoms with Gasteiger partial charge >= 0.3 is 0 Å². The number of Topliss-reactive ketones (excluding diaryl/α,β-unsaturated/α-hetero) is 1. The highest BCUT2D eigenvalue weighted by atomic mass is 32.2. The lowest BCUT2D eigenvalue weighted by molar-refractivity contribution is 0.0793. The number of hydrogen-bond donors (Lipinski definition) is 1. The van der Waals surface area contributed by atoms with Crippen LogP contribution in [-0.2, 0) is 23.0 Å². The van der Waals surface area contributed by atoms with Crippen molar-refractivity contribution in [2.45, 2.75) is 31.2 Å². The molecule has 0 saturated heterocycles. The monoisotopic (exact) mass is 464 g/mol. The molecule has 3 aromatic carbocycles. The van der Waals surface area contributed by atoms with Crippen molar-refractivity contribution in [1.82, 2.24) is 9.62 Å². The molecule has 172 valence electrons. The van der Waals surface area contributed by atoms with Crippen LogP contribution in [0.1, 0.15) is 45.2 Å². The summed E-state index contributed by atoms with van der Waals surface area (Å²) in [6, 6.07) is 22.9. The third kappa shape index (κ3) is 6.84. The maximum absolute atomic E-state index is 12.7. The molecule has 0 aromatic heterocycles. The number of nitrogens with zero attached hydrogens (tertiary/aromatic N) is 1. The minimum atomic E-state index is -3.71. The summed E-state index contributed by atoms with van der Waals surface area (Å²) in [6.45, 7) is 2.18. The molecule has 0 aliphatic carbocycles. The van der Waals surface area contributed by atoms with Crippen LogP contribution in [0.25, 0.3) is 0 Å². The molecule has 0 heterocycles. The highest BCUT2D eigenvalue weighted by Crippen LogP contribution is 2.13. The predicted octanol–water partition coefficient (Wildman–Crippen LogP) is 4.07. The Labute approximate surface area is 195 Å². The number of rotatable bonds is 10. The quantitative estimate of drug-likeness (QED) is 0.459. The minimum absolute atomic E-state index is 0.0687. The van der Waals surface area contributed by atoms with Gasteiger partial charge in [0.25, 0.3) is 5.91 Å². The van der Waals surface area contributed by atoms with E-state index in [9.17, 15) is 18.0 Å². The standard InChI is InChI=1S/C26H28N2O4S/c1-20(29)23-14-16-25(17-15-23)33(31,32)27-19-22-10-12-24(13-11-22)26(30)28(2)18-6-9-21-7-4-3-5-8-21/h3-5,7-8,10-17,27H,6,9,18-19H2,1-2H3. The van der Waals surface area contributed by atoms with Gasteiger partial charge in [0.1, 0.15) is 0 Å². The van der Waals surface area contributed by atoms with Crippen molar-refractivity contribution in [1.29, 1.82) is 0 Å². The van der Waals surface area contributed by atoms with E-state index >= 15 is 0 Å². The topological polar surface area (TPSA) is 83.5 Å². The van der Waals surface area contributed by atoms with Gasteiger partial charge in [0.2, 0.25) is 10.0 Å². The Morgan fingerprint density at radius 3 is 2.03 bits per heavy atom. The van der Waals surface area contributed by atoms with Gasteiger partial charge in [0, 0.05) is 31.3 Å². The molecule has 0 aliphatic heterocycles. The second-order valence-corrected chi connectivity index (χ2v) is 9.68. The number of carbonyl (C=O) groups is 2. The molecule has 3 aromatic rings. The maximum atomic E-state index is 12.7. The van der Waals surface area contributed by atoms with Gasteiger partial charge in [-0.2, -0.15) is 0 Å². The van der Waals surface area contributed by atoms with Crippen LogP contribution in [0.3, 0.4) is 0 Å². The number of sulfonamides is 1. The van der Waals surface area contributed by atoms with E-state index in [2.05, 4.69) is 16.9 Å². The number of amides is 1. The van der Waals surface area contributed by atoms with Crippen LogP contribution in [0.5, 0.6) is 0 Å². The van der Waals surface area contributed by atoms with Gasteiger partial charge in [-0.3, -0.25) is 9.59 Å². The highest BCUT2D eigenvalue weighted by Gasteiger charge is 2.15. The molecule has 0 fully saturated rings. The average Bonchev–Trinajstić information content (AvgIpc) is 2.83. The van der Waals surface area contributed by atoms with Crippen LogP contribution >= 0.6 is 0 Å². The summed E-state index contributed by atoms with van der Waals surface area (Å²) in [5, 5.41) is 0. The molecular weight excluding hydrogens is 436 g/mol. The molecule has 0 unspecified atom stereocenters.